The van der Waals surface area contributed by atoms with Crippen LogP contribution in [0.3, 0.4) is 0 Å². The molecule has 2 aromatic carbocycles. The number of hydrogen-bond acceptors (Lipinski definition) is 5. The van der Waals surface area contributed by atoms with Gasteiger partial charge in [-0.05, 0) is 23.8 Å². The maximum atomic E-state index is 9.63. The molecule has 5 nitrogen and oxygen atoms in total. The van der Waals surface area contributed by atoms with Crippen LogP contribution in [0.25, 0.3) is 11.1 Å². The van der Waals surface area contributed by atoms with Crippen molar-refractivity contribution in [2.24, 2.45) is 0 Å². The largest absolute Gasteiger partial charge is 0.508 e. The molecule has 0 saturated heterocycles. The van der Waals surface area contributed by atoms with Gasteiger partial charge in [-0.2, -0.15) is 0 Å². The highest BCUT2D eigenvalue weighted by Gasteiger charge is 2.12. The molecule has 5 N–H and O–H groups in total. The van der Waals surface area contributed by atoms with E-state index in [1.165, 1.54) is 18.2 Å². The Morgan fingerprint density at radius 3 is 1.71 bits per heavy atom. The van der Waals surface area contributed by atoms with Gasteiger partial charge in [0.05, 0.1) is 0 Å². The standard InChI is InChI=1S/C12H10O5/c13-7-1-6(2-8(14)3-7)10-4-9(15)5-11(16)12(10)17/h1-5,13-17H. The molecule has 0 unspecified atom stereocenters. The molecule has 0 aliphatic rings. The minimum Gasteiger partial charge on any atom is -0.508 e. The Hall–Kier alpha value is -2.56. The zero-order valence-electron chi connectivity index (χ0n) is 8.62. The average molecular weight is 234 g/mol. The molecule has 0 heterocycles. The van der Waals surface area contributed by atoms with Crippen molar-refractivity contribution in [2.45, 2.75) is 0 Å². The van der Waals surface area contributed by atoms with Crippen LogP contribution in [0.4, 0.5) is 0 Å². The summed E-state index contributed by atoms with van der Waals surface area (Å²) in [5, 5.41) is 46.9. The summed E-state index contributed by atoms with van der Waals surface area (Å²) < 4.78 is 0. The summed E-state index contributed by atoms with van der Waals surface area (Å²) in [5.41, 5.74) is 0.375. The van der Waals surface area contributed by atoms with Crippen LogP contribution >= 0.6 is 0 Å². The first-order valence-electron chi connectivity index (χ1n) is 4.75. The van der Waals surface area contributed by atoms with E-state index >= 15 is 0 Å². The minimum atomic E-state index is -0.483. The predicted octanol–water partition coefficient (Wildman–Crippen LogP) is 1.88. The van der Waals surface area contributed by atoms with Crippen LogP contribution in [-0.2, 0) is 0 Å². The Balaban J connectivity index is 2.67. The van der Waals surface area contributed by atoms with E-state index in [0.29, 0.717) is 0 Å². The third-order valence-corrected chi connectivity index (χ3v) is 2.29. The first-order chi connectivity index (χ1) is 7.97. The molecule has 0 aromatic heterocycles. The van der Waals surface area contributed by atoms with E-state index in [4.69, 9.17) is 0 Å². The first kappa shape index (κ1) is 10.9. The lowest BCUT2D eigenvalue weighted by Crippen LogP contribution is -1.81. The molecule has 2 rings (SSSR count). The lowest BCUT2D eigenvalue weighted by Gasteiger charge is -2.08. The normalized spacial score (nSPS) is 10.4. The monoisotopic (exact) mass is 234 g/mol. The van der Waals surface area contributed by atoms with Gasteiger partial charge in [-0.15, -0.1) is 0 Å². The third kappa shape index (κ3) is 2.03. The smallest absolute Gasteiger partial charge is 0.165 e. The topological polar surface area (TPSA) is 101 Å². The quantitative estimate of drug-likeness (QED) is 0.383. The molecule has 0 saturated carbocycles. The molecule has 0 fully saturated rings. The molecular formula is C12H10O5. The number of phenols is 5. The Morgan fingerprint density at radius 2 is 1.12 bits per heavy atom. The Labute approximate surface area is 96.5 Å². The van der Waals surface area contributed by atoms with Gasteiger partial charge in [0, 0.05) is 17.7 Å². The lowest BCUT2D eigenvalue weighted by atomic mass is 10.0. The Kier molecular flexibility index (Phi) is 2.44. The van der Waals surface area contributed by atoms with Gasteiger partial charge in [0.1, 0.15) is 17.2 Å². The fourth-order valence-electron chi connectivity index (χ4n) is 1.58. The van der Waals surface area contributed by atoms with Gasteiger partial charge in [0.25, 0.3) is 0 Å². The number of hydrogen-bond donors (Lipinski definition) is 5. The molecule has 0 aliphatic carbocycles. The number of rotatable bonds is 1. The fraction of sp³-hybridized carbons (Fsp3) is 0. The molecule has 0 radical (unpaired) electrons. The van der Waals surface area contributed by atoms with Crippen molar-refractivity contribution in [1.29, 1.82) is 0 Å². The Morgan fingerprint density at radius 1 is 0.588 bits per heavy atom. The van der Waals surface area contributed by atoms with Gasteiger partial charge >= 0.3 is 0 Å². The predicted molar refractivity (Wildman–Crippen MR) is 60.2 cm³/mol. The van der Waals surface area contributed by atoms with E-state index in [2.05, 4.69) is 0 Å². The van der Waals surface area contributed by atoms with Crippen molar-refractivity contribution in [3.8, 4) is 39.9 Å². The summed E-state index contributed by atoms with van der Waals surface area (Å²) in [4.78, 5) is 0. The highest BCUT2D eigenvalue weighted by molar-refractivity contribution is 5.76. The maximum Gasteiger partial charge on any atom is 0.165 e. The average Bonchev–Trinajstić information content (AvgIpc) is 2.22. The highest BCUT2D eigenvalue weighted by atomic mass is 16.3. The van der Waals surface area contributed by atoms with E-state index in [1.54, 1.807) is 0 Å². The molecule has 0 atom stereocenters. The molecule has 0 spiro atoms. The van der Waals surface area contributed by atoms with Crippen molar-refractivity contribution in [3.63, 3.8) is 0 Å². The van der Waals surface area contributed by atoms with Crippen LogP contribution in [0.5, 0.6) is 28.7 Å². The van der Waals surface area contributed by atoms with Crippen molar-refractivity contribution in [3.05, 3.63) is 30.3 Å². The van der Waals surface area contributed by atoms with Crippen LogP contribution in [0.1, 0.15) is 0 Å². The van der Waals surface area contributed by atoms with Crippen LogP contribution in [0.2, 0.25) is 0 Å². The SMILES string of the molecule is Oc1cc(O)cc(-c2cc(O)cc(O)c2O)c1. The van der Waals surface area contributed by atoms with Gasteiger partial charge in [-0.3, -0.25) is 0 Å². The molecule has 0 aliphatic heterocycles. The van der Waals surface area contributed by atoms with E-state index < -0.39 is 11.5 Å². The van der Waals surface area contributed by atoms with Crippen LogP contribution < -0.4 is 0 Å². The number of phenolic OH excluding ortho intramolecular Hbond substituents is 5. The van der Waals surface area contributed by atoms with Crippen molar-refractivity contribution < 1.29 is 25.5 Å². The van der Waals surface area contributed by atoms with E-state index in [0.717, 1.165) is 12.1 Å². The number of aromatic hydroxyl groups is 5. The van der Waals surface area contributed by atoms with Crippen molar-refractivity contribution in [1.82, 2.24) is 0 Å². The second kappa shape index (κ2) is 3.79. The van der Waals surface area contributed by atoms with Gasteiger partial charge < -0.3 is 25.5 Å². The van der Waals surface area contributed by atoms with Gasteiger partial charge in [-0.25, -0.2) is 0 Å². The van der Waals surface area contributed by atoms with Gasteiger partial charge in [0.2, 0.25) is 0 Å². The summed E-state index contributed by atoms with van der Waals surface area (Å²) in [7, 11) is 0. The summed E-state index contributed by atoms with van der Waals surface area (Å²) in [5.74, 6) is -1.54. The molecule has 88 valence electrons. The second-order valence-electron chi connectivity index (χ2n) is 3.60. The molecule has 0 amide bonds. The summed E-state index contributed by atoms with van der Waals surface area (Å²) in [6.45, 7) is 0. The lowest BCUT2D eigenvalue weighted by molar-refractivity contribution is 0.398. The van der Waals surface area contributed by atoms with Crippen LogP contribution in [0.15, 0.2) is 30.3 Å². The zero-order chi connectivity index (χ0) is 12.6. The second-order valence-corrected chi connectivity index (χ2v) is 3.60. The Bertz CT molecular complexity index is 557. The molecule has 0 bridgehead atoms. The molecule has 2 aromatic rings. The molecule has 17 heavy (non-hydrogen) atoms. The summed E-state index contributed by atoms with van der Waals surface area (Å²) in [6, 6.07) is 5.90. The van der Waals surface area contributed by atoms with E-state index in [-0.39, 0.29) is 28.4 Å². The van der Waals surface area contributed by atoms with Crippen LogP contribution in [-0.4, -0.2) is 25.5 Å². The molecular weight excluding hydrogens is 224 g/mol. The van der Waals surface area contributed by atoms with Crippen molar-refractivity contribution in [2.75, 3.05) is 0 Å². The molecule has 5 heteroatoms. The summed E-state index contributed by atoms with van der Waals surface area (Å²) in [6.07, 6.45) is 0. The van der Waals surface area contributed by atoms with Gasteiger partial charge in [0.15, 0.2) is 11.5 Å². The van der Waals surface area contributed by atoms with E-state index in [1.807, 2.05) is 0 Å². The summed E-state index contributed by atoms with van der Waals surface area (Å²) >= 11 is 0. The highest BCUT2D eigenvalue weighted by Crippen LogP contribution is 2.41. The first-order valence-corrected chi connectivity index (χ1v) is 4.75. The minimum absolute atomic E-state index is 0.105. The van der Waals surface area contributed by atoms with E-state index in [9.17, 15) is 25.5 Å². The third-order valence-electron chi connectivity index (χ3n) is 2.29. The zero-order valence-corrected chi connectivity index (χ0v) is 8.62. The number of benzene rings is 2. The maximum absolute atomic E-state index is 9.63. The van der Waals surface area contributed by atoms with Crippen molar-refractivity contribution >= 4 is 0 Å². The fourth-order valence-corrected chi connectivity index (χ4v) is 1.58. The van der Waals surface area contributed by atoms with Crippen LogP contribution in [0, 0.1) is 0 Å². The van der Waals surface area contributed by atoms with Gasteiger partial charge in [-0.1, -0.05) is 0 Å².